The van der Waals surface area contributed by atoms with Crippen molar-refractivity contribution in [2.45, 2.75) is 12.3 Å². The summed E-state index contributed by atoms with van der Waals surface area (Å²) < 4.78 is 0.862. The monoisotopic (exact) mass is 350 g/mol. The van der Waals surface area contributed by atoms with Crippen molar-refractivity contribution in [2.75, 3.05) is 0 Å². The largest absolute Gasteiger partial charge is 0.481 e. The van der Waals surface area contributed by atoms with Gasteiger partial charge in [0.15, 0.2) is 0 Å². The Morgan fingerprint density at radius 2 is 2.14 bits per heavy atom. The van der Waals surface area contributed by atoms with Crippen molar-refractivity contribution in [1.82, 2.24) is 4.98 Å². The van der Waals surface area contributed by atoms with Gasteiger partial charge in [0.25, 0.3) is 5.69 Å². The minimum absolute atomic E-state index is 0.162. The lowest BCUT2D eigenvalue weighted by atomic mass is 9.96. The zero-order valence-corrected chi connectivity index (χ0v) is 12.4. The molecule has 21 heavy (non-hydrogen) atoms. The molecule has 1 unspecified atom stereocenters. The van der Waals surface area contributed by atoms with E-state index in [-0.39, 0.29) is 12.1 Å². The van der Waals surface area contributed by atoms with Gasteiger partial charge in [-0.15, -0.1) is 0 Å². The van der Waals surface area contributed by atoms with E-state index in [1.807, 2.05) is 24.3 Å². The van der Waals surface area contributed by atoms with Crippen LogP contribution in [-0.2, 0) is 11.2 Å². The number of rotatable bonds is 5. The summed E-state index contributed by atoms with van der Waals surface area (Å²) >= 11 is 3.33. The number of carbonyl (C=O) groups is 1. The van der Waals surface area contributed by atoms with Crippen LogP contribution in [-0.4, -0.2) is 21.0 Å². The number of nitro groups is 1. The third kappa shape index (κ3) is 3.85. The zero-order valence-electron chi connectivity index (χ0n) is 10.8. The van der Waals surface area contributed by atoms with E-state index in [9.17, 15) is 20.0 Å². The standard InChI is InChI=1S/C14H11BrN2O4/c15-10-3-1-2-9(6-10)7-12(14(18)19)13-5-4-11(8-16-13)17(20)21/h1-6,8,12H,7H2,(H,18,19). The average molecular weight is 351 g/mol. The first-order valence-electron chi connectivity index (χ1n) is 6.05. The maximum atomic E-state index is 11.4. The van der Waals surface area contributed by atoms with Crippen molar-refractivity contribution in [2.24, 2.45) is 0 Å². The summed E-state index contributed by atoms with van der Waals surface area (Å²) in [6.45, 7) is 0. The van der Waals surface area contributed by atoms with Crippen LogP contribution in [0.25, 0.3) is 0 Å². The highest BCUT2D eigenvalue weighted by atomic mass is 79.9. The number of aliphatic carboxylic acids is 1. The molecule has 0 saturated heterocycles. The molecule has 0 fully saturated rings. The molecule has 1 N–H and O–H groups in total. The Kier molecular flexibility index (Phi) is 4.64. The average Bonchev–Trinajstić information content (AvgIpc) is 2.44. The lowest BCUT2D eigenvalue weighted by Crippen LogP contribution is -2.16. The molecule has 0 amide bonds. The predicted molar refractivity (Wildman–Crippen MR) is 79.1 cm³/mol. The number of nitrogens with zero attached hydrogens (tertiary/aromatic N) is 2. The van der Waals surface area contributed by atoms with Gasteiger partial charge in [-0.1, -0.05) is 28.1 Å². The Labute approximate surface area is 128 Å². The third-order valence-corrected chi connectivity index (χ3v) is 3.46. The normalized spacial score (nSPS) is 11.9. The van der Waals surface area contributed by atoms with Gasteiger partial charge in [0, 0.05) is 10.5 Å². The van der Waals surface area contributed by atoms with Crippen molar-refractivity contribution in [1.29, 1.82) is 0 Å². The minimum Gasteiger partial charge on any atom is -0.481 e. The van der Waals surface area contributed by atoms with E-state index in [0.717, 1.165) is 16.2 Å². The second kappa shape index (κ2) is 6.45. The second-order valence-corrected chi connectivity index (χ2v) is 5.34. The first kappa shape index (κ1) is 15.1. The number of aromatic nitrogens is 1. The number of benzene rings is 1. The fourth-order valence-electron chi connectivity index (χ4n) is 1.93. The highest BCUT2D eigenvalue weighted by Crippen LogP contribution is 2.23. The SMILES string of the molecule is O=C(O)C(Cc1cccc(Br)c1)c1ccc([N+](=O)[O-])cn1. The highest BCUT2D eigenvalue weighted by Gasteiger charge is 2.22. The van der Waals surface area contributed by atoms with Gasteiger partial charge in [0.05, 0.1) is 10.6 Å². The van der Waals surface area contributed by atoms with Crippen LogP contribution in [0.4, 0.5) is 5.69 Å². The molecule has 1 atom stereocenters. The molecule has 6 nitrogen and oxygen atoms in total. The van der Waals surface area contributed by atoms with E-state index >= 15 is 0 Å². The summed E-state index contributed by atoms with van der Waals surface area (Å²) in [7, 11) is 0. The van der Waals surface area contributed by atoms with Crippen LogP contribution in [0.5, 0.6) is 0 Å². The van der Waals surface area contributed by atoms with Crippen LogP contribution >= 0.6 is 15.9 Å². The van der Waals surface area contributed by atoms with Crippen LogP contribution < -0.4 is 0 Å². The van der Waals surface area contributed by atoms with E-state index in [1.54, 1.807) is 0 Å². The lowest BCUT2D eigenvalue weighted by molar-refractivity contribution is -0.385. The Hall–Kier alpha value is -2.28. The summed E-state index contributed by atoms with van der Waals surface area (Å²) in [5.41, 5.74) is 0.982. The van der Waals surface area contributed by atoms with Gasteiger partial charge in [0.2, 0.25) is 0 Å². The lowest BCUT2D eigenvalue weighted by Gasteiger charge is -2.12. The molecule has 2 aromatic rings. The molecule has 1 heterocycles. The fourth-order valence-corrected chi connectivity index (χ4v) is 2.38. The second-order valence-electron chi connectivity index (χ2n) is 4.42. The molecule has 1 aromatic carbocycles. The predicted octanol–water partition coefficient (Wildman–Crippen LogP) is 3.16. The number of hydrogen-bond donors (Lipinski definition) is 1. The smallest absolute Gasteiger partial charge is 0.312 e. The van der Waals surface area contributed by atoms with Gasteiger partial charge < -0.3 is 5.11 Å². The van der Waals surface area contributed by atoms with Crippen molar-refractivity contribution in [3.63, 3.8) is 0 Å². The van der Waals surface area contributed by atoms with Crippen molar-refractivity contribution >= 4 is 27.6 Å². The van der Waals surface area contributed by atoms with Gasteiger partial charge >= 0.3 is 5.97 Å². The van der Waals surface area contributed by atoms with E-state index < -0.39 is 16.8 Å². The number of carboxylic acids is 1. The van der Waals surface area contributed by atoms with Gasteiger partial charge in [-0.2, -0.15) is 0 Å². The molecule has 1 aromatic heterocycles. The molecule has 0 saturated carbocycles. The number of halogens is 1. The molecule has 0 bridgehead atoms. The fraction of sp³-hybridized carbons (Fsp3) is 0.143. The Morgan fingerprint density at radius 3 is 2.67 bits per heavy atom. The summed E-state index contributed by atoms with van der Waals surface area (Å²) in [5.74, 6) is -1.86. The molecule has 2 rings (SSSR count). The van der Waals surface area contributed by atoms with E-state index in [1.165, 1.54) is 12.1 Å². The molecule has 0 aliphatic carbocycles. The molecular weight excluding hydrogens is 340 g/mol. The zero-order chi connectivity index (χ0) is 15.4. The molecule has 0 radical (unpaired) electrons. The number of pyridine rings is 1. The van der Waals surface area contributed by atoms with Crippen LogP contribution in [0.1, 0.15) is 17.2 Å². The first-order valence-corrected chi connectivity index (χ1v) is 6.84. The quantitative estimate of drug-likeness (QED) is 0.660. The summed E-state index contributed by atoms with van der Waals surface area (Å²) in [4.78, 5) is 25.3. The van der Waals surface area contributed by atoms with Crippen molar-refractivity contribution < 1.29 is 14.8 Å². The molecule has 0 aliphatic rings. The van der Waals surface area contributed by atoms with Gasteiger partial charge in [-0.25, -0.2) is 0 Å². The van der Waals surface area contributed by atoms with Gasteiger partial charge in [-0.3, -0.25) is 19.9 Å². The summed E-state index contributed by atoms with van der Waals surface area (Å²) in [6, 6.07) is 9.98. The number of hydrogen-bond acceptors (Lipinski definition) is 4. The minimum atomic E-state index is -1.02. The Balaban J connectivity index is 2.26. The van der Waals surface area contributed by atoms with E-state index in [4.69, 9.17) is 0 Å². The van der Waals surface area contributed by atoms with Crippen molar-refractivity contribution in [3.05, 3.63) is 68.4 Å². The third-order valence-electron chi connectivity index (χ3n) is 2.97. The number of carboxylic acid groups (broad SMARTS) is 1. The summed E-state index contributed by atoms with van der Waals surface area (Å²) in [5, 5.41) is 19.9. The topological polar surface area (TPSA) is 93.3 Å². The Bertz CT molecular complexity index is 673. The van der Waals surface area contributed by atoms with Crippen LogP contribution in [0.3, 0.4) is 0 Å². The molecule has 0 spiro atoms. The maximum Gasteiger partial charge on any atom is 0.312 e. The van der Waals surface area contributed by atoms with E-state index in [0.29, 0.717) is 5.69 Å². The van der Waals surface area contributed by atoms with Crippen LogP contribution in [0.2, 0.25) is 0 Å². The van der Waals surface area contributed by atoms with Crippen LogP contribution in [0.15, 0.2) is 47.1 Å². The molecule has 0 aliphatic heterocycles. The van der Waals surface area contributed by atoms with Gasteiger partial charge in [-0.05, 0) is 30.2 Å². The highest BCUT2D eigenvalue weighted by molar-refractivity contribution is 9.10. The van der Waals surface area contributed by atoms with Gasteiger partial charge in [0.1, 0.15) is 12.1 Å². The van der Waals surface area contributed by atoms with E-state index in [2.05, 4.69) is 20.9 Å². The van der Waals surface area contributed by atoms with Crippen LogP contribution in [0, 0.1) is 10.1 Å². The maximum absolute atomic E-state index is 11.4. The molecule has 7 heteroatoms. The van der Waals surface area contributed by atoms with Crippen molar-refractivity contribution in [3.8, 4) is 0 Å². The Morgan fingerprint density at radius 1 is 1.38 bits per heavy atom. The summed E-state index contributed by atoms with van der Waals surface area (Å²) in [6.07, 6.45) is 1.34. The molecular formula is C14H11BrN2O4. The molecule has 108 valence electrons. The first-order chi connectivity index (χ1) is 9.97.